The van der Waals surface area contributed by atoms with Crippen molar-refractivity contribution in [3.05, 3.63) is 42.2 Å². The van der Waals surface area contributed by atoms with E-state index in [9.17, 15) is 8.78 Å². The number of alkyl halides is 2. The summed E-state index contributed by atoms with van der Waals surface area (Å²) in [5.74, 6) is 0.784. The normalized spacial score (nSPS) is 11.7. The first-order valence-electron chi connectivity index (χ1n) is 16.0. The summed E-state index contributed by atoms with van der Waals surface area (Å²) >= 11 is 0. The van der Waals surface area contributed by atoms with Gasteiger partial charge in [-0.25, -0.2) is 9.97 Å². The van der Waals surface area contributed by atoms with E-state index in [1.807, 2.05) is 12.4 Å². The van der Waals surface area contributed by atoms with E-state index in [4.69, 9.17) is 4.74 Å². The Morgan fingerprint density at radius 2 is 1.03 bits per heavy atom. The molecule has 0 amide bonds. The second-order valence-electron chi connectivity index (χ2n) is 11.2. The van der Waals surface area contributed by atoms with Crippen molar-refractivity contribution >= 4 is 0 Å². The quantitative estimate of drug-likeness (QED) is 0.123. The molecule has 1 heterocycles. The van der Waals surface area contributed by atoms with E-state index in [-0.39, 0.29) is 12.2 Å². The van der Waals surface area contributed by atoms with Crippen LogP contribution in [0.1, 0.15) is 148 Å². The Kier molecular flexibility index (Phi) is 17.7. The van der Waals surface area contributed by atoms with Crippen LogP contribution in [0.2, 0.25) is 0 Å². The zero-order valence-corrected chi connectivity index (χ0v) is 24.9. The zero-order valence-electron chi connectivity index (χ0n) is 24.9. The van der Waals surface area contributed by atoms with Crippen molar-refractivity contribution in [3.8, 4) is 17.1 Å². The van der Waals surface area contributed by atoms with E-state index in [2.05, 4.69) is 23.8 Å². The second kappa shape index (κ2) is 20.8. The molecule has 0 saturated heterocycles. The van der Waals surface area contributed by atoms with Crippen LogP contribution in [0, 0.1) is 0 Å². The lowest BCUT2D eigenvalue weighted by Gasteiger charge is -2.18. The topological polar surface area (TPSA) is 35.0 Å². The number of nitrogens with zero attached hydrogens (tertiary/aromatic N) is 2. The predicted octanol–water partition coefficient (Wildman–Crippen LogP) is 11.5. The van der Waals surface area contributed by atoms with Gasteiger partial charge in [0.15, 0.2) is 5.82 Å². The highest BCUT2D eigenvalue weighted by molar-refractivity contribution is 5.55. The summed E-state index contributed by atoms with van der Waals surface area (Å²) < 4.78 is 33.6. The lowest BCUT2D eigenvalue weighted by molar-refractivity contribution is -0.181. The Balaban J connectivity index is 1.61. The fraction of sp³-hybridized carbons (Fsp3) is 0.706. The molecule has 0 saturated carbocycles. The molecule has 0 aliphatic rings. The van der Waals surface area contributed by atoms with E-state index < -0.39 is 6.11 Å². The first-order valence-corrected chi connectivity index (χ1v) is 16.0. The van der Waals surface area contributed by atoms with Crippen molar-refractivity contribution in [1.29, 1.82) is 0 Å². The molecule has 5 heteroatoms. The molecule has 0 aliphatic heterocycles. The molecule has 0 atom stereocenters. The molecule has 0 aliphatic carbocycles. The van der Waals surface area contributed by atoms with Crippen molar-refractivity contribution < 1.29 is 13.5 Å². The number of aromatic nitrogens is 2. The van der Waals surface area contributed by atoms with Crippen molar-refractivity contribution in [2.75, 3.05) is 0 Å². The number of hydrogen-bond donors (Lipinski definition) is 0. The third-order valence-corrected chi connectivity index (χ3v) is 7.48. The average molecular weight is 545 g/mol. The van der Waals surface area contributed by atoms with Crippen LogP contribution < -0.4 is 4.74 Å². The van der Waals surface area contributed by atoms with Crippen LogP contribution in [0.25, 0.3) is 11.4 Å². The van der Waals surface area contributed by atoms with Gasteiger partial charge in [-0.05, 0) is 49.1 Å². The Bertz CT molecular complexity index is 839. The van der Waals surface area contributed by atoms with E-state index in [1.165, 1.54) is 89.9 Å². The van der Waals surface area contributed by atoms with Gasteiger partial charge in [0.25, 0.3) is 0 Å². The van der Waals surface area contributed by atoms with Gasteiger partial charge in [0.1, 0.15) is 5.75 Å². The van der Waals surface area contributed by atoms with Crippen LogP contribution in [0.15, 0.2) is 36.7 Å². The molecule has 39 heavy (non-hydrogen) atoms. The molecule has 220 valence electrons. The molecular weight excluding hydrogens is 490 g/mol. The largest absolute Gasteiger partial charge is 0.433 e. The van der Waals surface area contributed by atoms with Crippen molar-refractivity contribution in [1.82, 2.24) is 9.97 Å². The Morgan fingerprint density at radius 3 is 1.51 bits per heavy atom. The molecule has 0 bridgehead atoms. The first kappa shape index (κ1) is 33.2. The lowest BCUT2D eigenvalue weighted by Crippen LogP contribution is -2.24. The minimum Gasteiger partial charge on any atom is -0.433 e. The van der Waals surface area contributed by atoms with Gasteiger partial charge in [-0.1, -0.05) is 123 Å². The minimum absolute atomic E-state index is 0.178. The highest BCUT2D eigenvalue weighted by atomic mass is 19.3. The maximum absolute atomic E-state index is 14.3. The van der Waals surface area contributed by atoms with E-state index in [1.54, 1.807) is 24.3 Å². The van der Waals surface area contributed by atoms with Crippen molar-refractivity contribution in [2.45, 2.75) is 155 Å². The maximum Gasteiger partial charge on any atom is 0.397 e. The van der Waals surface area contributed by atoms with Crippen LogP contribution >= 0.6 is 0 Å². The van der Waals surface area contributed by atoms with Gasteiger partial charge >= 0.3 is 6.11 Å². The molecule has 1 aromatic heterocycles. The molecule has 0 fully saturated rings. The molecule has 1 aromatic carbocycles. The third kappa shape index (κ3) is 16.0. The van der Waals surface area contributed by atoms with Crippen LogP contribution in [0.4, 0.5) is 8.78 Å². The zero-order chi connectivity index (χ0) is 28.0. The summed E-state index contributed by atoms with van der Waals surface area (Å²) in [6.07, 6.45) is 24.4. The molecule has 2 aromatic rings. The van der Waals surface area contributed by atoms with Gasteiger partial charge in [-0.2, -0.15) is 8.78 Å². The summed E-state index contributed by atoms with van der Waals surface area (Å²) in [7, 11) is 0. The fourth-order valence-corrected chi connectivity index (χ4v) is 4.99. The smallest absolute Gasteiger partial charge is 0.397 e. The lowest BCUT2D eigenvalue weighted by atomic mass is 10.0. The average Bonchev–Trinajstić information content (AvgIpc) is 2.94. The number of aryl methyl sites for hydroxylation is 1. The number of benzene rings is 1. The van der Waals surface area contributed by atoms with Crippen LogP contribution in [-0.2, 0) is 6.42 Å². The third-order valence-electron chi connectivity index (χ3n) is 7.48. The Hall–Kier alpha value is -2.04. The van der Waals surface area contributed by atoms with E-state index in [0.29, 0.717) is 12.2 Å². The second-order valence-corrected chi connectivity index (χ2v) is 11.2. The predicted molar refractivity (Wildman–Crippen MR) is 160 cm³/mol. The van der Waals surface area contributed by atoms with Gasteiger partial charge in [0.2, 0.25) is 0 Å². The van der Waals surface area contributed by atoms with Gasteiger partial charge in [-0.3, -0.25) is 0 Å². The SMILES string of the molecule is CCCCCCCCCCCCc1cnc(-c2ccc(OC(F)(F)CCCCCCCCCCC)cc2)nc1. The standard InChI is InChI=1S/C34H54F2N2O/c1-3-5-7-9-11-13-14-16-18-20-22-30-28-37-33(38-29-30)31-23-25-32(26-24-31)39-34(35,36)27-21-19-17-15-12-10-8-6-4-2/h23-26,28-29H,3-22,27H2,1-2H3. The monoisotopic (exact) mass is 544 g/mol. The van der Waals surface area contributed by atoms with E-state index >= 15 is 0 Å². The first-order chi connectivity index (χ1) is 19.0. The van der Waals surface area contributed by atoms with Gasteiger partial charge in [-0.15, -0.1) is 0 Å². The fourth-order valence-electron chi connectivity index (χ4n) is 4.99. The van der Waals surface area contributed by atoms with Crippen LogP contribution in [-0.4, -0.2) is 16.1 Å². The molecule has 3 nitrogen and oxygen atoms in total. The number of halogens is 2. The summed E-state index contributed by atoms with van der Waals surface area (Å²) in [4.78, 5) is 9.01. The molecule has 0 unspecified atom stereocenters. The minimum atomic E-state index is -3.14. The summed E-state index contributed by atoms with van der Waals surface area (Å²) in [5.41, 5.74) is 1.95. The van der Waals surface area contributed by atoms with Gasteiger partial charge in [0.05, 0.1) is 6.42 Å². The summed E-state index contributed by atoms with van der Waals surface area (Å²) in [5, 5.41) is 0. The van der Waals surface area contributed by atoms with Crippen LogP contribution in [0.3, 0.4) is 0 Å². The van der Waals surface area contributed by atoms with Crippen molar-refractivity contribution in [3.63, 3.8) is 0 Å². The van der Waals surface area contributed by atoms with Crippen LogP contribution in [0.5, 0.6) is 5.75 Å². The Labute approximate surface area is 237 Å². The molecule has 0 N–H and O–H groups in total. The maximum atomic E-state index is 14.3. The Morgan fingerprint density at radius 1 is 0.590 bits per heavy atom. The molecule has 0 spiro atoms. The summed E-state index contributed by atoms with van der Waals surface area (Å²) in [6, 6.07) is 6.67. The van der Waals surface area contributed by atoms with E-state index in [0.717, 1.165) is 43.2 Å². The van der Waals surface area contributed by atoms with Crippen molar-refractivity contribution in [2.24, 2.45) is 0 Å². The number of unbranched alkanes of at least 4 members (excludes halogenated alkanes) is 17. The number of ether oxygens (including phenoxy) is 1. The van der Waals surface area contributed by atoms with Gasteiger partial charge in [0, 0.05) is 18.0 Å². The molecular formula is C34H54F2N2O. The van der Waals surface area contributed by atoms with Gasteiger partial charge < -0.3 is 4.74 Å². The molecule has 2 rings (SSSR count). The highest BCUT2D eigenvalue weighted by Crippen LogP contribution is 2.28. The number of rotatable bonds is 24. The number of hydrogen-bond acceptors (Lipinski definition) is 3. The summed E-state index contributed by atoms with van der Waals surface area (Å²) in [6.45, 7) is 4.47. The highest BCUT2D eigenvalue weighted by Gasteiger charge is 2.30. The molecule has 0 radical (unpaired) electrons.